The van der Waals surface area contributed by atoms with Gasteiger partial charge >= 0.3 is 0 Å². The van der Waals surface area contributed by atoms with Gasteiger partial charge in [-0.25, -0.2) is 9.67 Å². The first-order valence-corrected chi connectivity index (χ1v) is 5.95. The molecule has 1 unspecified atom stereocenters. The molecule has 1 N–H and O–H groups in total. The maximum Gasteiger partial charge on any atom is 0.141 e. The topological polar surface area (TPSA) is 54.2 Å². The van der Waals surface area contributed by atoms with Crippen LogP contribution in [0.3, 0.4) is 0 Å². The predicted molar refractivity (Wildman–Crippen MR) is 60.9 cm³/mol. The zero-order chi connectivity index (χ0) is 11.5. The molecule has 5 heteroatoms. The van der Waals surface area contributed by atoms with Gasteiger partial charge in [0, 0.05) is 12.1 Å². The molecule has 16 heavy (non-hydrogen) atoms. The first-order valence-electron chi connectivity index (χ1n) is 5.95. The molecule has 1 aromatic heterocycles. The Morgan fingerprint density at radius 2 is 2.38 bits per heavy atom. The number of aliphatic hydroxyl groups is 1. The Morgan fingerprint density at radius 1 is 1.56 bits per heavy atom. The van der Waals surface area contributed by atoms with E-state index in [1.54, 1.807) is 6.33 Å². The smallest absolute Gasteiger partial charge is 0.141 e. The van der Waals surface area contributed by atoms with Crippen molar-refractivity contribution in [3.05, 3.63) is 12.2 Å². The molecule has 90 valence electrons. The van der Waals surface area contributed by atoms with Crippen LogP contribution < -0.4 is 0 Å². The van der Waals surface area contributed by atoms with Crippen molar-refractivity contribution in [1.29, 1.82) is 0 Å². The average Bonchev–Trinajstić information content (AvgIpc) is 2.86. The highest BCUT2D eigenvalue weighted by Gasteiger charge is 2.25. The number of hydrogen-bond donors (Lipinski definition) is 1. The third-order valence-electron chi connectivity index (χ3n) is 3.19. The molecule has 0 saturated carbocycles. The van der Waals surface area contributed by atoms with Crippen molar-refractivity contribution < 1.29 is 5.11 Å². The van der Waals surface area contributed by atoms with Crippen LogP contribution in [0, 0.1) is 0 Å². The summed E-state index contributed by atoms with van der Waals surface area (Å²) in [6.45, 7) is 6.30. The van der Waals surface area contributed by atoms with E-state index in [-0.39, 0.29) is 6.61 Å². The maximum absolute atomic E-state index is 9.26. The van der Waals surface area contributed by atoms with Crippen LogP contribution in [0.1, 0.15) is 38.6 Å². The van der Waals surface area contributed by atoms with Gasteiger partial charge in [0.2, 0.25) is 0 Å². The van der Waals surface area contributed by atoms with Crippen molar-refractivity contribution in [2.24, 2.45) is 0 Å². The summed E-state index contributed by atoms with van der Waals surface area (Å²) >= 11 is 0. The lowest BCUT2D eigenvalue weighted by Crippen LogP contribution is -2.33. The van der Waals surface area contributed by atoms with Crippen molar-refractivity contribution in [1.82, 2.24) is 19.7 Å². The monoisotopic (exact) mass is 224 g/mol. The fraction of sp³-hybridized carbons (Fsp3) is 0.818. The lowest BCUT2D eigenvalue weighted by molar-refractivity contribution is 0.149. The SMILES string of the molecule is CC(C)n1ncnc1CN1CCCC1CO. The van der Waals surface area contributed by atoms with Gasteiger partial charge < -0.3 is 5.11 Å². The standard InChI is InChI=1S/C11H20N4O/c1-9(2)15-11(12-8-13-15)6-14-5-3-4-10(14)7-16/h8-10,16H,3-7H2,1-2H3. The van der Waals surface area contributed by atoms with Crippen LogP contribution in [-0.4, -0.2) is 44.0 Å². The molecule has 0 aliphatic carbocycles. The van der Waals surface area contributed by atoms with E-state index >= 15 is 0 Å². The highest BCUT2D eigenvalue weighted by atomic mass is 16.3. The molecular weight excluding hydrogens is 204 g/mol. The van der Waals surface area contributed by atoms with Crippen molar-refractivity contribution >= 4 is 0 Å². The molecule has 1 aromatic rings. The summed E-state index contributed by atoms with van der Waals surface area (Å²) in [4.78, 5) is 6.59. The lowest BCUT2D eigenvalue weighted by Gasteiger charge is -2.22. The van der Waals surface area contributed by atoms with Crippen LogP contribution in [0.5, 0.6) is 0 Å². The molecule has 0 aromatic carbocycles. The van der Waals surface area contributed by atoms with Crippen LogP contribution in [0.15, 0.2) is 6.33 Å². The molecule has 2 rings (SSSR count). The van der Waals surface area contributed by atoms with Gasteiger partial charge in [-0.05, 0) is 33.2 Å². The van der Waals surface area contributed by atoms with Crippen LogP contribution in [0.2, 0.25) is 0 Å². The van der Waals surface area contributed by atoms with E-state index in [0.29, 0.717) is 12.1 Å². The minimum absolute atomic E-state index is 0.246. The van der Waals surface area contributed by atoms with Crippen molar-refractivity contribution in [3.8, 4) is 0 Å². The molecule has 1 saturated heterocycles. The molecule has 2 heterocycles. The maximum atomic E-state index is 9.26. The van der Waals surface area contributed by atoms with Gasteiger partial charge in [-0.1, -0.05) is 0 Å². The first kappa shape index (κ1) is 11.5. The van der Waals surface area contributed by atoms with E-state index < -0.39 is 0 Å². The number of aliphatic hydroxyl groups excluding tert-OH is 1. The molecule has 0 amide bonds. The minimum Gasteiger partial charge on any atom is -0.395 e. The van der Waals surface area contributed by atoms with Gasteiger partial charge in [-0.3, -0.25) is 4.90 Å². The van der Waals surface area contributed by atoms with E-state index in [9.17, 15) is 5.11 Å². The Kier molecular flexibility index (Phi) is 3.56. The molecule has 0 radical (unpaired) electrons. The molecule has 1 fully saturated rings. The van der Waals surface area contributed by atoms with Gasteiger partial charge in [0.05, 0.1) is 13.2 Å². The molecule has 0 spiro atoms. The van der Waals surface area contributed by atoms with Crippen LogP contribution in [-0.2, 0) is 6.54 Å². The van der Waals surface area contributed by atoms with E-state index in [1.807, 2.05) is 4.68 Å². The number of hydrogen-bond acceptors (Lipinski definition) is 4. The third kappa shape index (κ3) is 2.25. The summed E-state index contributed by atoms with van der Waals surface area (Å²) in [5.41, 5.74) is 0. The highest BCUT2D eigenvalue weighted by molar-refractivity contribution is 4.90. The van der Waals surface area contributed by atoms with E-state index in [2.05, 4.69) is 28.8 Å². The van der Waals surface area contributed by atoms with Crippen molar-refractivity contribution in [2.75, 3.05) is 13.2 Å². The van der Waals surface area contributed by atoms with Crippen molar-refractivity contribution in [2.45, 2.75) is 45.3 Å². The Labute approximate surface area is 96.1 Å². The summed E-state index contributed by atoms with van der Waals surface area (Å²) in [6.07, 6.45) is 3.87. The second kappa shape index (κ2) is 4.93. The minimum atomic E-state index is 0.246. The zero-order valence-electron chi connectivity index (χ0n) is 10.0. The molecule has 1 aliphatic heterocycles. The fourth-order valence-corrected chi connectivity index (χ4v) is 2.31. The second-order valence-electron chi connectivity index (χ2n) is 4.66. The number of aromatic nitrogens is 3. The Bertz CT molecular complexity index is 336. The number of likely N-dealkylation sites (tertiary alicyclic amines) is 1. The molecule has 5 nitrogen and oxygen atoms in total. The largest absolute Gasteiger partial charge is 0.395 e. The van der Waals surface area contributed by atoms with Crippen LogP contribution >= 0.6 is 0 Å². The van der Waals surface area contributed by atoms with Gasteiger partial charge in [-0.15, -0.1) is 0 Å². The summed E-state index contributed by atoms with van der Waals surface area (Å²) in [7, 11) is 0. The normalized spacial score (nSPS) is 22.1. The van der Waals surface area contributed by atoms with E-state index in [4.69, 9.17) is 0 Å². The van der Waals surface area contributed by atoms with Gasteiger partial charge in [0.15, 0.2) is 0 Å². The second-order valence-corrected chi connectivity index (χ2v) is 4.66. The highest BCUT2D eigenvalue weighted by Crippen LogP contribution is 2.19. The van der Waals surface area contributed by atoms with E-state index in [1.165, 1.54) is 6.42 Å². The van der Waals surface area contributed by atoms with Gasteiger partial charge in [0.1, 0.15) is 12.2 Å². The summed E-state index contributed by atoms with van der Waals surface area (Å²) in [6, 6.07) is 0.644. The van der Waals surface area contributed by atoms with Crippen LogP contribution in [0.4, 0.5) is 0 Å². The van der Waals surface area contributed by atoms with E-state index in [0.717, 1.165) is 25.3 Å². The average molecular weight is 224 g/mol. The molecule has 1 atom stereocenters. The lowest BCUT2D eigenvalue weighted by atomic mass is 10.2. The zero-order valence-corrected chi connectivity index (χ0v) is 10.0. The number of rotatable bonds is 4. The van der Waals surface area contributed by atoms with Crippen molar-refractivity contribution in [3.63, 3.8) is 0 Å². The molecule has 1 aliphatic rings. The Hall–Kier alpha value is -0.940. The quantitative estimate of drug-likeness (QED) is 0.822. The third-order valence-corrected chi connectivity index (χ3v) is 3.19. The molecule has 0 bridgehead atoms. The van der Waals surface area contributed by atoms with Crippen LogP contribution in [0.25, 0.3) is 0 Å². The van der Waals surface area contributed by atoms with Gasteiger partial charge in [-0.2, -0.15) is 5.10 Å². The Morgan fingerprint density at radius 3 is 3.06 bits per heavy atom. The Balaban J connectivity index is 2.05. The fourth-order valence-electron chi connectivity index (χ4n) is 2.31. The number of nitrogens with zero attached hydrogens (tertiary/aromatic N) is 4. The summed E-state index contributed by atoms with van der Waals surface area (Å²) in [5.74, 6) is 0.996. The van der Waals surface area contributed by atoms with Gasteiger partial charge in [0.25, 0.3) is 0 Å². The first-order chi connectivity index (χ1) is 7.72. The summed E-state index contributed by atoms with van der Waals surface area (Å²) < 4.78 is 1.95. The summed E-state index contributed by atoms with van der Waals surface area (Å²) in [5, 5.41) is 13.5. The molecular formula is C11H20N4O. The predicted octanol–water partition coefficient (Wildman–Crippen LogP) is 0.816.